The van der Waals surface area contributed by atoms with Gasteiger partial charge < -0.3 is 20.7 Å². The van der Waals surface area contributed by atoms with Gasteiger partial charge in [-0.25, -0.2) is 0 Å². The topological polar surface area (TPSA) is 62.4 Å². The van der Waals surface area contributed by atoms with Gasteiger partial charge >= 0.3 is 0 Å². The van der Waals surface area contributed by atoms with Crippen LogP contribution in [0.1, 0.15) is 29.7 Å². The number of benzene rings is 2. The number of methoxy groups -OCH3 is 1. The Bertz CT molecular complexity index is 937. The van der Waals surface area contributed by atoms with E-state index in [1.165, 1.54) is 0 Å². The van der Waals surface area contributed by atoms with Crippen molar-refractivity contribution < 1.29 is 9.53 Å². The van der Waals surface area contributed by atoms with Crippen molar-refractivity contribution >= 4 is 28.9 Å². The predicted molar refractivity (Wildman–Crippen MR) is 112 cm³/mol. The molecule has 2 aromatic rings. The highest BCUT2D eigenvalue weighted by molar-refractivity contribution is 7.80. The van der Waals surface area contributed by atoms with Gasteiger partial charge in [0, 0.05) is 16.9 Å². The predicted octanol–water partition coefficient (Wildman–Crippen LogP) is 3.74. The van der Waals surface area contributed by atoms with E-state index < -0.39 is 6.04 Å². The second kappa shape index (κ2) is 7.80. The van der Waals surface area contributed by atoms with Crippen LogP contribution in [-0.2, 0) is 4.79 Å². The summed E-state index contributed by atoms with van der Waals surface area (Å²) >= 11 is 5.32. The van der Waals surface area contributed by atoms with Gasteiger partial charge in [0.25, 0.3) is 5.91 Å². The van der Waals surface area contributed by atoms with Crippen LogP contribution < -0.4 is 20.7 Å². The number of carbonyl (C=O) groups is 1. The van der Waals surface area contributed by atoms with Crippen molar-refractivity contribution in [3.63, 3.8) is 0 Å². The third kappa shape index (κ3) is 3.95. The standard InChI is InChI=1S/C21H23N3O2S/c1-12-9-10-13(2)16(11-12)23-20(25)18-14(3)22-21(27)24-19(18)15-7-5-6-8-17(15)26-4/h5-11,19H,1-4H3,(H,23,25)(H2,22,24,27). The molecule has 1 atom stereocenters. The van der Waals surface area contributed by atoms with Crippen LogP contribution in [0.3, 0.4) is 0 Å². The number of anilines is 1. The third-order valence-electron chi connectivity index (χ3n) is 4.60. The molecule has 0 saturated carbocycles. The van der Waals surface area contributed by atoms with Crippen LogP contribution in [0.5, 0.6) is 5.75 Å². The summed E-state index contributed by atoms with van der Waals surface area (Å²) in [5, 5.41) is 9.78. The molecule has 0 aliphatic carbocycles. The molecule has 2 aromatic carbocycles. The Kier molecular flexibility index (Phi) is 5.46. The summed E-state index contributed by atoms with van der Waals surface area (Å²) in [6.07, 6.45) is 0. The molecule has 1 unspecified atom stereocenters. The molecule has 0 fully saturated rings. The summed E-state index contributed by atoms with van der Waals surface area (Å²) in [5.74, 6) is 0.518. The van der Waals surface area contributed by atoms with Crippen molar-refractivity contribution in [1.29, 1.82) is 0 Å². The molecule has 3 rings (SSSR count). The maximum Gasteiger partial charge on any atom is 0.255 e. The minimum absolute atomic E-state index is 0.181. The highest BCUT2D eigenvalue weighted by Gasteiger charge is 2.31. The normalized spacial score (nSPS) is 16.4. The van der Waals surface area contributed by atoms with Crippen molar-refractivity contribution in [2.75, 3.05) is 12.4 Å². The number of aryl methyl sites for hydroxylation is 2. The summed E-state index contributed by atoms with van der Waals surface area (Å²) in [5.41, 5.74) is 5.05. The van der Waals surface area contributed by atoms with Crippen LogP contribution in [0.2, 0.25) is 0 Å². The number of hydrogen-bond donors (Lipinski definition) is 3. The second-order valence-corrected chi connectivity index (χ2v) is 6.99. The molecule has 5 nitrogen and oxygen atoms in total. The molecule has 1 amide bonds. The Labute approximate surface area is 164 Å². The van der Waals surface area contributed by atoms with Gasteiger partial charge in [0.15, 0.2) is 5.11 Å². The molecular formula is C21H23N3O2S. The quantitative estimate of drug-likeness (QED) is 0.704. The minimum Gasteiger partial charge on any atom is -0.496 e. The lowest BCUT2D eigenvalue weighted by Crippen LogP contribution is -2.45. The van der Waals surface area contributed by atoms with Crippen molar-refractivity contribution in [2.45, 2.75) is 26.8 Å². The van der Waals surface area contributed by atoms with Gasteiger partial charge in [-0.2, -0.15) is 0 Å². The second-order valence-electron chi connectivity index (χ2n) is 6.58. The van der Waals surface area contributed by atoms with Crippen LogP contribution >= 0.6 is 12.2 Å². The first kappa shape index (κ1) is 18.9. The van der Waals surface area contributed by atoms with E-state index in [4.69, 9.17) is 17.0 Å². The first-order chi connectivity index (χ1) is 12.9. The van der Waals surface area contributed by atoms with E-state index in [2.05, 4.69) is 16.0 Å². The molecule has 6 heteroatoms. The Morgan fingerprint density at radius 2 is 1.89 bits per heavy atom. The summed E-state index contributed by atoms with van der Waals surface area (Å²) in [6.45, 7) is 5.83. The van der Waals surface area contributed by atoms with Crippen LogP contribution in [0.15, 0.2) is 53.7 Å². The molecule has 1 aliphatic heterocycles. The summed E-state index contributed by atoms with van der Waals surface area (Å²) in [6, 6.07) is 13.2. The molecule has 27 heavy (non-hydrogen) atoms. The molecule has 3 N–H and O–H groups in total. The van der Waals surface area contributed by atoms with Gasteiger partial charge in [0.05, 0.1) is 18.7 Å². The molecule has 1 heterocycles. The van der Waals surface area contributed by atoms with Crippen molar-refractivity contribution in [3.8, 4) is 5.75 Å². The SMILES string of the molecule is COc1ccccc1C1NC(=S)NC(C)=C1C(=O)Nc1cc(C)ccc1C. The van der Waals surface area contributed by atoms with Gasteiger partial charge in [-0.15, -0.1) is 0 Å². The highest BCUT2D eigenvalue weighted by atomic mass is 32.1. The molecule has 0 radical (unpaired) electrons. The van der Waals surface area contributed by atoms with Crippen molar-refractivity contribution in [1.82, 2.24) is 10.6 Å². The molecular weight excluding hydrogens is 358 g/mol. The zero-order chi connectivity index (χ0) is 19.6. The fourth-order valence-corrected chi connectivity index (χ4v) is 3.46. The number of thiocarbonyl (C=S) groups is 1. The Balaban J connectivity index is 2.01. The van der Waals surface area contributed by atoms with Crippen LogP contribution in [0, 0.1) is 13.8 Å². The van der Waals surface area contributed by atoms with Crippen LogP contribution in [0.4, 0.5) is 5.69 Å². The maximum absolute atomic E-state index is 13.2. The van der Waals surface area contributed by atoms with E-state index in [0.29, 0.717) is 16.4 Å². The van der Waals surface area contributed by atoms with E-state index in [1.54, 1.807) is 7.11 Å². The Morgan fingerprint density at radius 3 is 2.63 bits per heavy atom. The van der Waals surface area contributed by atoms with E-state index in [-0.39, 0.29) is 5.91 Å². The first-order valence-electron chi connectivity index (χ1n) is 8.70. The van der Waals surface area contributed by atoms with Crippen LogP contribution in [-0.4, -0.2) is 18.1 Å². The smallest absolute Gasteiger partial charge is 0.255 e. The lowest BCUT2D eigenvalue weighted by molar-refractivity contribution is -0.113. The lowest BCUT2D eigenvalue weighted by Gasteiger charge is -2.31. The Hall–Kier alpha value is -2.86. The highest BCUT2D eigenvalue weighted by Crippen LogP contribution is 2.33. The zero-order valence-corrected chi connectivity index (χ0v) is 16.7. The monoisotopic (exact) mass is 381 g/mol. The third-order valence-corrected chi connectivity index (χ3v) is 4.82. The molecule has 140 valence electrons. The average molecular weight is 382 g/mol. The van der Waals surface area contributed by atoms with Gasteiger partial charge in [0.2, 0.25) is 0 Å². The summed E-state index contributed by atoms with van der Waals surface area (Å²) < 4.78 is 5.49. The number of hydrogen-bond acceptors (Lipinski definition) is 3. The molecule has 0 spiro atoms. The minimum atomic E-state index is -0.403. The number of carbonyl (C=O) groups excluding carboxylic acids is 1. The largest absolute Gasteiger partial charge is 0.496 e. The number of allylic oxidation sites excluding steroid dienone is 1. The van der Waals surface area contributed by atoms with E-state index in [0.717, 1.165) is 28.1 Å². The van der Waals surface area contributed by atoms with Crippen molar-refractivity contribution in [2.24, 2.45) is 0 Å². The molecule has 0 aromatic heterocycles. The molecule has 0 saturated heterocycles. The fraction of sp³-hybridized carbons (Fsp3) is 0.238. The fourth-order valence-electron chi connectivity index (χ4n) is 3.19. The average Bonchev–Trinajstić information content (AvgIpc) is 2.63. The van der Waals surface area contributed by atoms with Gasteiger partial charge in [0.1, 0.15) is 5.75 Å². The zero-order valence-electron chi connectivity index (χ0n) is 15.8. The Morgan fingerprint density at radius 1 is 1.15 bits per heavy atom. The number of para-hydroxylation sites is 1. The number of ether oxygens (including phenoxy) is 1. The number of nitrogens with one attached hydrogen (secondary N) is 3. The van der Waals surface area contributed by atoms with E-state index in [1.807, 2.05) is 63.2 Å². The maximum atomic E-state index is 13.2. The first-order valence-corrected chi connectivity index (χ1v) is 9.11. The van der Waals surface area contributed by atoms with Crippen LogP contribution in [0.25, 0.3) is 0 Å². The van der Waals surface area contributed by atoms with Gasteiger partial charge in [-0.05, 0) is 56.2 Å². The lowest BCUT2D eigenvalue weighted by atomic mass is 9.94. The summed E-state index contributed by atoms with van der Waals surface area (Å²) in [4.78, 5) is 13.2. The van der Waals surface area contributed by atoms with Gasteiger partial charge in [-0.3, -0.25) is 4.79 Å². The molecule has 1 aliphatic rings. The van der Waals surface area contributed by atoms with E-state index >= 15 is 0 Å². The number of amides is 1. The summed E-state index contributed by atoms with van der Waals surface area (Å²) in [7, 11) is 1.62. The number of rotatable bonds is 4. The van der Waals surface area contributed by atoms with Crippen molar-refractivity contribution in [3.05, 3.63) is 70.4 Å². The van der Waals surface area contributed by atoms with Gasteiger partial charge in [-0.1, -0.05) is 30.3 Å². The molecule has 0 bridgehead atoms. The van der Waals surface area contributed by atoms with E-state index in [9.17, 15) is 4.79 Å².